The number of nitrogens with zero attached hydrogens (tertiary/aromatic N) is 1. The molecule has 1 aliphatic rings. The normalized spacial score (nSPS) is 16.7. The lowest BCUT2D eigenvalue weighted by molar-refractivity contribution is -0.147. The quantitative estimate of drug-likeness (QED) is 0.492. The molecule has 0 aromatic heterocycles. The molecule has 0 amide bonds. The second-order valence-corrected chi connectivity index (χ2v) is 11.4. The van der Waals surface area contributed by atoms with Crippen LogP contribution in [0.3, 0.4) is 0 Å². The standard InChI is InChI=1S/C26H35NO5S/c1-6-31-25(28)26(15-17-27(18-16-26)20(4)5)33(29,30)24-13-11-23(12-14-24)32-22-9-7-21(8-10-22)19(2)3/h7-14,19-20H,6,15-18H2,1-5H3. The van der Waals surface area contributed by atoms with E-state index in [4.69, 9.17) is 9.47 Å². The van der Waals surface area contributed by atoms with Gasteiger partial charge in [0, 0.05) is 19.1 Å². The van der Waals surface area contributed by atoms with E-state index >= 15 is 0 Å². The average Bonchev–Trinajstić information content (AvgIpc) is 2.79. The van der Waals surface area contributed by atoms with E-state index in [2.05, 4.69) is 32.6 Å². The molecule has 0 spiro atoms. The Morgan fingerprint density at radius 3 is 1.91 bits per heavy atom. The number of ether oxygens (including phenoxy) is 2. The molecule has 2 aromatic rings. The van der Waals surface area contributed by atoms with Crippen molar-refractivity contribution in [3.63, 3.8) is 0 Å². The minimum atomic E-state index is -3.96. The summed E-state index contributed by atoms with van der Waals surface area (Å²) in [4.78, 5) is 15.3. The van der Waals surface area contributed by atoms with Crippen molar-refractivity contribution in [1.29, 1.82) is 0 Å². The van der Waals surface area contributed by atoms with Gasteiger partial charge in [0.15, 0.2) is 14.6 Å². The molecule has 0 aliphatic carbocycles. The molecule has 0 atom stereocenters. The van der Waals surface area contributed by atoms with Crippen LogP contribution in [-0.2, 0) is 19.4 Å². The Labute approximate surface area is 197 Å². The predicted octanol–water partition coefficient (Wildman–Crippen LogP) is 5.18. The molecule has 180 valence electrons. The van der Waals surface area contributed by atoms with Gasteiger partial charge < -0.3 is 14.4 Å². The Bertz CT molecular complexity index is 1040. The van der Waals surface area contributed by atoms with E-state index < -0.39 is 20.6 Å². The molecular weight excluding hydrogens is 438 g/mol. The summed E-state index contributed by atoms with van der Waals surface area (Å²) in [6.45, 7) is 11.3. The molecule has 1 heterocycles. The van der Waals surface area contributed by atoms with E-state index in [1.165, 1.54) is 17.7 Å². The number of sulfone groups is 1. The van der Waals surface area contributed by atoms with Crippen LogP contribution < -0.4 is 4.74 Å². The van der Waals surface area contributed by atoms with Crippen molar-refractivity contribution < 1.29 is 22.7 Å². The van der Waals surface area contributed by atoms with Crippen molar-refractivity contribution in [1.82, 2.24) is 4.90 Å². The molecule has 1 saturated heterocycles. The van der Waals surface area contributed by atoms with Crippen molar-refractivity contribution in [2.45, 2.75) is 69.1 Å². The monoisotopic (exact) mass is 473 g/mol. The van der Waals surface area contributed by atoms with Gasteiger partial charge in [-0.1, -0.05) is 26.0 Å². The summed E-state index contributed by atoms with van der Waals surface area (Å²) in [6, 6.07) is 14.4. The van der Waals surface area contributed by atoms with Gasteiger partial charge in [-0.15, -0.1) is 0 Å². The first-order valence-corrected chi connectivity index (χ1v) is 13.1. The summed E-state index contributed by atoms with van der Waals surface area (Å²) in [5, 5.41) is 0. The van der Waals surface area contributed by atoms with Crippen LogP contribution in [0.25, 0.3) is 0 Å². The molecule has 0 saturated carbocycles. The zero-order valence-corrected chi connectivity index (χ0v) is 21.0. The highest BCUT2D eigenvalue weighted by Crippen LogP contribution is 2.38. The predicted molar refractivity (Wildman–Crippen MR) is 130 cm³/mol. The highest BCUT2D eigenvalue weighted by Gasteiger charge is 2.54. The first-order valence-electron chi connectivity index (χ1n) is 11.6. The average molecular weight is 474 g/mol. The maximum Gasteiger partial charge on any atom is 0.327 e. The third-order valence-electron chi connectivity index (χ3n) is 6.41. The minimum absolute atomic E-state index is 0.107. The van der Waals surface area contributed by atoms with Gasteiger partial charge in [0.05, 0.1) is 11.5 Å². The van der Waals surface area contributed by atoms with Gasteiger partial charge in [0.1, 0.15) is 11.5 Å². The third kappa shape index (κ3) is 5.25. The van der Waals surface area contributed by atoms with Crippen molar-refractivity contribution >= 4 is 15.8 Å². The van der Waals surface area contributed by atoms with Crippen molar-refractivity contribution in [3.05, 3.63) is 54.1 Å². The topological polar surface area (TPSA) is 72.9 Å². The van der Waals surface area contributed by atoms with Crippen molar-refractivity contribution in [3.8, 4) is 11.5 Å². The van der Waals surface area contributed by atoms with E-state index in [0.717, 1.165) is 0 Å². The van der Waals surface area contributed by atoms with Gasteiger partial charge in [-0.25, -0.2) is 8.42 Å². The molecular formula is C26H35NO5S. The fourth-order valence-electron chi connectivity index (χ4n) is 4.22. The lowest BCUT2D eigenvalue weighted by atomic mass is 9.95. The van der Waals surface area contributed by atoms with Crippen LogP contribution in [0.1, 0.15) is 58.9 Å². The smallest absolute Gasteiger partial charge is 0.327 e. The summed E-state index contributed by atoms with van der Waals surface area (Å²) < 4.78 is 37.0. The summed E-state index contributed by atoms with van der Waals surface area (Å²) in [6.07, 6.45) is 0.430. The molecule has 6 nitrogen and oxygen atoms in total. The number of esters is 1. The summed E-state index contributed by atoms with van der Waals surface area (Å²) >= 11 is 0. The number of piperidine rings is 1. The van der Waals surface area contributed by atoms with E-state index in [1.54, 1.807) is 19.1 Å². The van der Waals surface area contributed by atoms with Crippen LogP contribution in [-0.4, -0.2) is 49.8 Å². The van der Waals surface area contributed by atoms with Gasteiger partial charge in [-0.2, -0.15) is 0 Å². The molecule has 0 N–H and O–H groups in total. The number of benzene rings is 2. The lowest BCUT2D eigenvalue weighted by Crippen LogP contribution is -2.56. The van der Waals surface area contributed by atoms with Gasteiger partial charge in [0.2, 0.25) is 0 Å². The number of hydrogen-bond acceptors (Lipinski definition) is 6. The molecule has 3 rings (SSSR count). The molecule has 2 aromatic carbocycles. The van der Waals surface area contributed by atoms with Crippen molar-refractivity contribution in [2.24, 2.45) is 0 Å². The van der Waals surface area contributed by atoms with E-state index in [0.29, 0.717) is 36.5 Å². The second-order valence-electron chi connectivity index (χ2n) is 9.15. The van der Waals surface area contributed by atoms with Gasteiger partial charge in [0.25, 0.3) is 0 Å². The van der Waals surface area contributed by atoms with Crippen LogP contribution in [0.15, 0.2) is 53.4 Å². The van der Waals surface area contributed by atoms with Crippen LogP contribution in [0.5, 0.6) is 11.5 Å². The summed E-state index contributed by atoms with van der Waals surface area (Å²) in [7, 11) is -3.96. The van der Waals surface area contributed by atoms with E-state index in [-0.39, 0.29) is 24.3 Å². The molecule has 7 heteroatoms. The molecule has 0 radical (unpaired) electrons. The number of carbonyl (C=O) groups is 1. The Hall–Kier alpha value is -2.38. The SMILES string of the molecule is CCOC(=O)C1(S(=O)(=O)c2ccc(Oc3ccc(C(C)C)cc3)cc2)CCN(C(C)C)CC1. The van der Waals surface area contributed by atoms with E-state index in [1.807, 2.05) is 24.3 Å². The number of likely N-dealkylation sites (tertiary alicyclic amines) is 1. The fourth-order valence-corrected chi connectivity index (χ4v) is 6.16. The maximum absolute atomic E-state index is 13.7. The molecule has 1 fully saturated rings. The zero-order chi connectivity index (χ0) is 24.2. The summed E-state index contributed by atoms with van der Waals surface area (Å²) in [5.41, 5.74) is 1.22. The zero-order valence-electron chi connectivity index (χ0n) is 20.2. The lowest BCUT2D eigenvalue weighted by Gasteiger charge is -2.40. The summed E-state index contributed by atoms with van der Waals surface area (Å²) in [5.74, 6) is 0.992. The first-order chi connectivity index (χ1) is 15.6. The Kier molecular flexibility index (Phi) is 7.85. The highest BCUT2D eigenvalue weighted by molar-refractivity contribution is 7.93. The molecule has 1 aliphatic heterocycles. The minimum Gasteiger partial charge on any atom is -0.465 e. The highest BCUT2D eigenvalue weighted by atomic mass is 32.2. The van der Waals surface area contributed by atoms with Crippen LogP contribution in [0, 0.1) is 0 Å². The first kappa shape index (κ1) is 25.2. The van der Waals surface area contributed by atoms with Crippen LogP contribution in [0.2, 0.25) is 0 Å². The van der Waals surface area contributed by atoms with Crippen LogP contribution >= 0.6 is 0 Å². The van der Waals surface area contributed by atoms with Gasteiger partial charge >= 0.3 is 5.97 Å². The number of hydrogen-bond donors (Lipinski definition) is 0. The Balaban J connectivity index is 1.84. The van der Waals surface area contributed by atoms with Gasteiger partial charge in [-0.3, -0.25) is 4.79 Å². The number of rotatable bonds is 8. The van der Waals surface area contributed by atoms with Crippen molar-refractivity contribution in [2.75, 3.05) is 19.7 Å². The Morgan fingerprint density at radius 2 is 1.45 bits per heavy atom. The maximum atomic E-state index is 13.7. The third-order valence-corrected chi connectivity index (χ3v) is 8.91. The van der Waals surface area contributed by atoms with Gasteiger partial charge in [-0.05, 0) is 81.5 Å². The van der Waals surface area contributed by atoms with Crippen LogP contribution in [0.4, 0.5) is 0 Å². The molecule has 0 unspecified atom stereocenters. The second kappa shape index (κ2) is 10.3. The number of carbonyl (C=O) groups excluding carboxylic acids is 1. The molecule has 33 heavy (non-hydrogen) atoms. The largest absolute Gasteiger partial charge is 0.465 e. The molecule has 0 bridgehead atoms. The van der Waals surface area contributed by atoms with E-state index in [9.17, 15) is 13.2 Å². The fraction of sp³-hybridized carbons (Fsp3) is 0.500. The Morgan fingerprint density at radius 1 is 0.939 bits per heavy atom.